The lowest BCUT2D eigenvalue weighted by Gasteiger charge is -2.07. The van der Waals surface area contributed by atoms with Crippen molar-refractivity contribution in [3.63, 3.8) is 0 Å². The van der Waals surface area contributed by atoms with E-state index in [1.54, 1.807) is 12.1 Å². The molecule has 0 aliphatic rings. The van der Waals surface area contributed by atoms with Crippen LogP contribution in [0.5, 0.6) is 11.5 Å². The van der Waals surface area contributed by atoms with Crippen LogP contribution in [0.25, 0.3) is 0 Å². The minimum absolute atomic E-state index is 0.384. The molecule has 2 nitrogen and oxygen atoms in total. The molecule has 2 heteroatoms. The number of phenols is 2. The molecule has 0 radical (unpaired) electrons. The van der Waals surface area contributed by atoms with Gasteiger partial charge >= 0.3 is 0 Å². The van der Waals surface area contributed by atoms with Gasteiger partial charge in [0.2, 0.25) is 0 Å². The molecule has 0 aliphatic carbocycles. The highest BCUT2D eigenvalue weighted by Gasteiger charge is 2.03. The average molecular weight is 272 g/mol. The lowest BCUT2D eigenvalue weighted by Crippen LogP contribution is -1.87. The molecular formula is C18H24O2. The van der Waals surface area contributed by atoms with Gasteiger partial charge < -0.3 is 10.2 Å². The summed E-state index contributed by atoms with van der Waals surface area (Å²) in [6.07, 6.45) is 0. The molecule has 0 bridgehead atoms. The molecule has 20 heavy (non-hydrogen) atoms. The summed E-state index contributed by atoms with van der Waals surface area (Å²) in [5.41, 5.74) is 4.15. The van der Waals surface area contributed by atoms with Crippen molar-refractivity contribution in [2.24, 2.45) is 0 Å². The molecule has 2 N–H and O–H groups in total. The first kappa shape index (κ1) is 16.1. The van der Waals surface area contributed by atoms with Crippen molar-refractivity contribution in [1.29, 1.82) is 0 Å². The third kappa shape index (κ3) is 4.61. The van der Waals surface area contributed by atoms with E-state index < -0.39 is 0 Å². The van der Waals surface area contributed by atoms with E-state index in [9.17, 15) is 5.11 Å². The summed E-state index contributed by atoms with van der Waals surface area (Å²) in [6.45, 7) is 9.96. The lowest BCUT2D eigenvalue weighted by atomic mass is 10.0. The summed E-state index contributed by atoms with van der Waals surface area (Å²) < 4.78 is 0. The van der Waals surface area contributed by atoms with E-state index in [0.29, 0.717) is 17.4 Å². The Morgan fingerprint density at radius 1 is 0.750 bits per heavy atom. The first-order valence-electron chi connectivity index (χ1n) is 6.87. The molecule has 2 aromatic rings. The summed E-state index contributed by atoms with van der Waals surface area (Å²) in [5.74, 6) is 1.20. The van der Waals surface area contributed by atoms with Crippen molar-refractivity contribution < 1.29 is 10.2 Å². The van der Waals surface area contributed by atoms with Gasteiger partial charge in [-0.2, -0.15) is 0 Å². The quantitative estimate of drug-likeness (QED) is 0.780. The van der Waals surface area contributed by atoms with Gasteiger partial charge in [-0.1, -0.05) is 38.1 Å². The molecule has 0 aromatic heterocycles. The summed E-state index contributed by atoms with van der Waals surface area (Å²) >= 11 is 0. The zero-order chi connectivity index (χ0) is 15.3. The SMILES string of the molecule is Cc1ccc(C(C)C)c(O)c1.Cc1ccc(C)c(O)c1. The summed E-state index contributed by atoms with van der Waals surface area (Å²) in [4.78, 5) is 0. The molecule has 2 aromatic carbocycles. The van der Waals surface area contributed by atoms with Crippen LogP contribution < -0.4 is 0 Å². The van der Waals surface area contributed by atoms with Gasteiger partial charge in [-0.3, -0.25) is 0 Å². The Balaban J connectivity index is 0.000000204. The summed E-state index contributed by atoms with van der Waals surface area (Å²) in [5, 5.41) is 18.6. The van der Waals surface area contributed by atoms with Gasteiger partial charge in [0.25, 0.3) is 0 Å². The van der Waals surface area contributed by atoms with Crippen molar-refractivity contribution >= 4 is 0 Å². The maximum absolute atomic E-state index is 9.46. The smallest absolute Gasteiger partial charge is 0.119 e. The highest BCUT2D eigenvalue weighted by molar-refractivity contribution is 5.37. The van der Waals surface area contributed by atoms with Crippen LogP contribution in [-0.2, 0) is 0 Å². The van der Waals surface area contributed by atoms with Gasteiger partial charge in [-0.15, -0.1) is 0 Å². The number of hydrogen-bond acceptors (Lipinski definition) is 2. The monoisotopic (exact) mass is 272 g/mol. The molecular weight excluding hydrogens is 248 g/mol. The van der Waals surface area contributed by atoms with Crippen LogP contribution >= 0.6 is 0 Å². The van der Waals surface area contributed by atoms with Gasteiger partial charge in [0.05, 0.1) is 0 Å². The van der Waals surface area contributed by atoms with Gasteiger partial charge in [-0.25, -0.2) is 0 Å². The molecule has 0 aliphatic heterocycles. The highest BCUT2D eigenvalue weighted by atomic mass is 16.3. The van der Waals surface area contributed by atoms with Crippen LogP contribution in [0.3, 0.4) is 0 Å². The Bertz CT molecular complexity index is 572. The van der Waals surface area contributed by atoms with Crippen molar-refractivity contribution in [2.45, 2.75) is 40.5 Å². The Morgan fingerprint density at radius 2 is 1.25 bits per heavy atom. The number of aryl methyl sites for hydroxylation is 3. The van der Waals surface area contributed by atoms with E-state index in [0.717, 1.165) is 22.3 Å². The Labute approximate surface area is 121 Å². The highest BCUT2D eigenvalue weighted by Crippen LogP contribution is 2.25. The van der Waals surface area contributed by atoms with Gasteiger partial charge in [-0.05, 0) is 61.1 Å². The molecule has 2 rings (SSSR count). The Kier molecular flexibility index (Phi) is 5.63. The molecule has 0 saturated carbocycles. The number of rotatable bonds is 1. The molecule has 0 unspecified atom stereocenters. The second-order valence-corrected chi connectivity index (χ2v) is 5.51. The third-order valence-corrected chi connectivity index (χ3v) is 3.17. The topological polar surface area (TPSA) is 40.5 Å². The molecule has 0 saturated heterocycles. The predicted octanol–water partition coefficient (Wildman–Crippen LogP) is 4.83. The van der Waals surface area contributed by atoms with Crippen LogP contribution in [0.15, 0.2) is 36.4 Å². The average Bonchev–Trinajstić information content (AvgIpc) is 2.34. The van der Waals surface area contributed by atoms with Crippen molar-refractivity contribution in [3.8, 4) is 11.5 Å². The summed E-state index contributed by atoms with van der Waals surface area (Å²) in [7, 11) is 0. The minimum atomic E-state index is 0.384. The second-order valence-electron chi connectivity index (χ2n) is 5.51. The second kappa shape index (κ2) is 6.99. The fraction of sp³-hybridized carbons (Fsp3) is 0.333. The lowest BCUT2D eigenvalue weighted by molar-refractivity contribution is 0.464. The number of aromatic hydroxyl groups is 2. The van der Waals surface area contributed by atoms with Crippen LogP contribution in [-0.4, -0.2) is 10.2 Å². The maximum atomic E-state index is 9.46. The zero-order valence-corrected chi connectivity index (χ0v) is 12.9. The molecule has 108 valence electrons. The fourth-order valence-electron chi connectivity index (χ4n) is 1.86. The molecule has 0 amide bonds. The Morgan fingerprint density at radius 3 is 1.65 bits per heavy atom. The van der Waals surface area contributed by atoms with Crippen LogP contribution in [0.1, 0.15) is 42.0 Å². The van der Waals surface area contributed by atoms with E-state index in [-0.39, 0.29) is 0 Å². The van der Waals surface area contributed by atoms with Gasteiger partial charge in [0.1, 0.15) is 11.5 Å². The zero-order valence-electron chi connectivity index (χ0n) is 12.9. The summed E-state index contributed by atoms with van der Waals surface area (Å²) in [6, 6.07) is 11.5. The fourth-order valence-corrected chi connectivity index (χ4v) is 1.86. The minimum Gasteiger partial charge on any atom is -0.508 e. The first-order valence-corrected chi connectivity index (χ1v) is 6.87. The van der Waals surface area contributed by atoms with E-state index in [1.807, 2.05) is 45.0 Å². The van der Waals surface area contributed by atoms with Crippen LogP contribution in [0, 0.1) is 20.8 Å². The maximum Gasteiger partial charge on any atom is 0.119 e. The van der Waals surface area contributed by atoms with E-state index in [2.05, 4.69) is 13.8 Å². The van der Waals surface area contributed by atoms with E-state index >= 15 is 0 Å². The Hall–Kier alpha value is -1.96. The van der Waals surface area contributed by atoms with E-state index in [1.165, 1.54) is 0 Å². The van der Waals surface area contributed by atoms with E-state index in [4.69, 9.17) is 5.11 Å². The number of phenolic OH excluding ortho intramolecular Hbond substituents is 2. The molecule has 0 heterocycles. The van der Waals surface area contributed by atoms with Crippen molar-refractivity contribution in [2.75, 3.05) is 0 Å². The molecule has 0 atom stereocenters. The largest absolute Gasteiger partial charge is 0.508 e. The van der Waals surface area contributed by atoms with Crippen molar-refractivity contribution in [3.05, 3.63) is 58.7 Å². The third-order valence-electron chi connectivity index (χ3n) is 3.17. The first-order chi connectivity index (χ1) is 9.31. The van der Waals surface area contributed by atoms with Gasteiger partial charge in [0, 0.05) is 0 Å². The normalized spacial score (nSPS) is 10.1. The number of benzene rings is 2. The molecule has 0 fully saturated rings. The molecule has 0 spiro atoms. The van der Waals surface area contributed by atoms with Gasteiger partial charge in [0.15, 0.2) is 0 Å². The standard InChI is InChI=1S/C10H14O.C8H10O/c1-7(2)9-5-4-8(3)6-10(9)11;1-6-3-4-7(2)8(9)5-6/h4-7,11H,1-3H3;3-5,9H,1-2H3. The predicted molar refractivity (Wildman–Crippen MR) is 84.5 cm³/mol. The van der Waals surface area contributed by atoms with Crippen LogP contribution in [0.2, 0.25) is 0 Å². The van der Waals surface area contributed by atoms with Crippen molar-refractivity contribution in [1.82, 2.24) is 0 Å². The number of hydrogen-bond donors (Lipinski definition) is 2. The van der Waals surface area contributed by atoms with Crippen LogP contribution in [0.4, 0.5) is 0 Å².